The number of nitrogens with one attached hydrogen (secondary N) is 1. The van der Waals surface area contributed by atoms with Crippen LogP contribution in [0.2, 0.25) is 0 Å². The summed E-state index contributed by atoms with van der Waals surface area (Å²) in [6.07, 6.45) is 7.13. The molecule has 0 spiro atoms. The Hall–Kier alpha value is -2.18. The van der Waals surface area contributed by atoms with Crippen LogP contribution in [0, 0.1) is 12.8 Å². The highest BCUT2D eigenvalue weighted by atomic mass is 16.3. The Bertz CT molecular complexity index is 799. The summed E-state index contributed by atoms with van der Waals surface area (Å²) in [4.78, 5) is 22.2. The predicted octanol–water partition coefficient (Wildman–Crippen LogP) is 3.02. The van der Waals surface area contributed by atoms with Crippen LogP contribution < -0.4 is 5.32 Å². The Morgan fingerprint density at radius 3 is 2.70 bits per heavy atom. The first-order valence-electron chi connectivity index (χ1n) is 11.4. The molecule has 0 saturated carbocycles. The van der Waals surface area contributed by atoms with Gasteiger partial charge in [-0.2, -0.15) is 0 Å². The van der Waals surface area contributed by atoms with Crippen molar-refractivity contribution in [2.45, 2.75) is 51.6 Å². The van der Waals surface area contributed by atoms with Crippen molar-refractivity contribution >= 4 is 5.91 Å². The zero-order valence-electron chi connectivity index (χ0n) is 18.1. The molecule has 1 aromatic carbocycles. The summed E-state index contributed by atoms with van der Waals surface area (Å²) in [7, 11) is 0. The van der Waals surface area contributed by atoms with Gasteiger partial charge in [0.1, 0.15) is 6.26 Å². The second-order valence-corrected chi connectivity index (χ2v) is 8.73. The van der Waals surface area contributed by atoms with Gasteiger partial charge in [0.15, 0.2) is 5.89 Å². The molecule has 162 valence electrons. The molecule has 6 heteroatoms. The van der Waals surface area contributed by atoms with Gasteiger partial charge in [-0.3, -0.25) is 14.6 Å². The molecule has 6 nitrogen and oxygen atoms in total. The van der Waals surface area contributed by atoms with Crippen LogP contribution in [0.25, 0.3) is 0 Å². The average Bonchev–Trinajstić information content (AvgIpc) is 3.19. The molecule has 0 aliphatic carbocycles. The van der Waals surface area contributed by atoms with Crippen LogP contribution in [0.3, 0.4) is 0 Å². The Morgan fingerprint density at radius 2 is 1.97 bits per heavy atom. The molecular formula is C24H34N4O2. The molecule has 1 atom stereocenters. The molecule has 2 fully saturated rings. The third-order valence-corrected chi connectivity index (χ3v) is 6.51. The largest absolute Gasteiger partial charge is 0.449 e. The van der Waals surface area contributed by atoms with E-state index in [2.05, 4.69) is 32.2 Å². The lowest BCUT2D eigenvalue weighted by atomic mass is 9.93. The van der Waals surface area contributed by atoms with E-state index in [0.29, 0.717) is 6.04 Å². The zero-order chi connectivity index (χ0) is 20.8. The van der Waals surface area contributed by atoms with Crippen LogP contribution >= 0.6 is 0 Å². The molecule has 0 unspecified atom stereocenters. The molecule has 2 saturated heterocycles. The van der Waals surface area contributed by atoms with E-state index in [-0.39, 0.29) is 11.8 Å². The maximum Gasteiger partial charge on any atom is 0.224 e. The molecule has 1 aromatic heterocycles. The maximum absolute atomic E-state index is 12.7. The Morgan fingerprint density at radius 1 is 1.17 bits per heavy atom. The predicted molar refractivity (Wildman–Crippen MR) is 117 cm³/mol. The van der Waals surface area contributed by atoms with Crippen LogP contribution in [-0.4, -0.2) is 59.5 Å². The standard InChI is InChI=1S/C24H34N4O2/c1-19-26-22(18-30-19)17-27-14-10-23(11-15-27)28-13-5-8-21(16-28)24(29)25-12-9-20-6-3-2-4-7-20/h2-4,6-7,18,21,23H,5,8-17H2,1H3,(H,25,29)/t21-/m1/s1. The van der Waals surface area contributed by atoms with Gasteiger partial charge in [-0.05, 0) is 44.2 Å². The second-order valence-electron chi connectivity index (χ2n) is 8.73. The third kappa shape index (κ3) is 5.70. The van der Waals surface area contributed by atoms with Crippen molar-refractivity contribution in [3.05, 3.63) is 53.7 Å². The van der Waals surface area contributed by atoms with Crippen LogP contribution in [0.5, 0.6) is 0 Å². The second kappa shape index (κ2) is 10.2. The summed E-state index contributed by atoms with van der Waals surface area (Å²) in [6.45, 7) is 7.68. The first-order valence-corrected chi connectivity index (χ1v) is 11.4. The van der Waals surface area contributed by atoms with Crippen LogP contribution in [0.1, 0.15) is 42.8 Å². The lowest BCUT2D eigenvalue weighted by molar-refractivity contribution is -0.127. The number of oxazole rings is 1. The number of hydrogen-bond donors (Lipinski definition) is 1. The number of aromatic nitrogens is 1. The fourth-order valence-electron chi connectivity index (χ4n) is 4.82. The summed E-state index contributed by atoms with van der Waals surface area (Å²) in [5.74, 6) is 1.10. The van der Waals surface area contributed by atoms with Crippen LogP contribution in [-0.2, 0) is 17.8 Å². The van der Waals surface area contributed by atoms with Gasteiger partial charge in [0.05, 0.1) is 11.6 Å². The summed E-state index contributed by atoms with van der Waals surface area (Å²) < 4.78 is 5.33. The van der Waals surface area contributed by atoms with Gasteiger partial charge in [-0.1, -0.05) is 30.3 Å². The van der Waals surface area contributed by atoms with Gasteiger partial charge in [0.25, 0.3) is 0 Å². The first kappa shape index (κ1) is 21.1. The number of carbonyl (C=O) groups is 1. The maximum atomic E-state index is 12.7. The normalized spacial score (nSPS) is 21.6. The number of likely N-dealkylation sites (tertiary alicyclic amines) is 2. The summed E-state index contributed by atoms with van der Waals surface area (Å²) >= 11 is 0. The molecule has 2 aliphatic rings. The minimum absolute atomic E-state index is 0.130. The quantitative estimate of drug-likeness (QED) is 0.760. The van der Waals surface area contributed by atoms with E-state index < -0.39 is 0 Å². The van der Waals surface area contributed by atoms with Crippen molar-refractivity contribution in [2.24, 2.45) is 5.92 Å². The van der Waals surface area contributed by atoms with E-state index in [1.807, 2.05) is 25.1 Å². The monoisotopic (exact) mass is 410 g/mol. The number of carbonyl (C=O) groups excluding carboxylic acids is 1. The minimum atomic E-state index is 0.130. The smallest absolute Gasteiger partial charge is 0.224 e. The van der Waals surface area contributed by atoms with E-state index in [4.69, 9.17) is 4.42 Å². The molecule has 2 aliphatic heterocycles. The van der Waals surface area contributed by atoms with Gasteiger partial charge in [0, 0.05) is 45.7 Å². The van der Waals surface area contributed by atoms with E-state index in [1.165, 1.54) is 18.4 Å². The van der Waals surface area contributed by atoms with Crippen molar-refractivity contribution in [1.29, 1.82) is 0 Å². The van der Waals surface area contributed by atoms with Gasteiger partial charge < -0.3 is 9.73 Å². The van der Waals surface area contributed by atoms with Gasteiger partial charge in [-0.15, -0.1) is 0 Å². The first-order chi connectivity index (χ1) is 14.7. The number of hydrogen-bond acceptors (Lipinski definition) is 5. The van der Waals surface area contributed by atoms with Crippen molar-refractivity contribution < 1.29 is 9.21 Å². The van der Waals surface area contributed by atoms with Gasteiger partial charge in [-0.25, -0.2) is 4.98 Å². The number of nitrogens with zero attached hydrogens (tertiary/aromatic N) is 3. The van der Waals surface area contributed by atoms with E-state index in [9.17, 15) is 4.79 Å². The summed E-state index contributed by atoms with van der Waals surface area (Å²) in [6, 6.07) is 11.0. The summed E-state index contributed by atoms with van der Waals surface area (Å²) in [5.41, 5.74) is 2.30. The van der Waals surface area contributed by atoms with Crippen molar-refractivity contribution in [1.82, 2.24) is 20.1 Å². The SMILES string of the molecule is Cc1nc(CN2CCC(N3CCC[C@@H](C(=O)NCCc4ccccc4)C3)CC2)co1. The van der Waals surface area contributed by atoms with Crippen LogP contribution in [0.15, 0.2) is 41.0 Å². The molecule has 30 heavy (non-hydrogen) atoms. The topological polar surface area (TPSA) is 61.6 Å². The van der Waals surface area contributed by atoms with Crippen molar-refractivity contribution in [3.63, 3.8) is 0 Å². The van der Waals surface area contributed by atoms with Gasteiger partial charge >= 0.3 is 0 Å². The molecule has 2 aromatic rings. The third-order valence-electron chi connectivity index (χ3n) is 6.51. The van der Waals surface area contributed by atoms with E-state index in [1.54, 1.807) is 6.26 Å². The highest BCUT2D eigenvalue weighted by Gasteiger charge is 2.31. The van der Waals surface area contributed by atoms with Crippen molar-refractivity contribution in [2.75, 3.05) is 32.7 Å². The molecule has 1 N–H and O–H groups in total. The minimum Gasteiger partial charge on any atom is -0.449 e. The number of benzene rings is 1. The fraction of sp³-hybridized carbons (Fsp3) is 0.583. The van der Waals surface area contributed by atoms with Crippen molar-refractivity contribution in [3.8, 4) is 0 Å². The lowest BCUT2D eigenvalue weighted by Gasteiger charge is -2.41. The Balaban J connectivity index is 1.19. The molecular weight excluding hydrogens is 376 g/mol. The summed E-state index contributed by atoms with van der Waals surface area (Å²) in [5, 5.41) is 3.17. The number of piperidine rings is 2. The zero-order valence-corrected chi connectivity index (χ0v) is 18.1. The molecule has 0 bridgehead atoms. The molecule has 1 amide bonds. The number of rotatable bonds is 7. The van der Waals surface area contributed by atoms with Crippen LogP contribution in [0.4, 0.5) is 0 Å². The molecule has 3 heterocycles. The number of amides is 1. The highest BCUT2D eigenvalue weighted by Crippen LogP contribution is 2.24. The fourth-order valence-corrected chi connectivity index (χ4v) is 4.82. The average molecular weight is 411 g/mol. The van der Waals surface area contributed by atoms with E-state index in [0.717, 1.165) is 70.1 Å². The highest BCUT2D eigenvalue weighted by molar-refractivity contribution is 5.79. The molecule has 0 radical (unpaired) electrons. The molecule has 4 rings (SSSR count). The lowest BCUT2D eigenvalue weighted by Crippen LogP contribution is -2.50. The van der Waals surface area contributed by atoms with Gasteiger partial charge in [0.2, 0.25) is 5.91 Å². The Kier molecular flexibility index (Phi) is 7.18. The number of aryl methyl sites for hydroxylation is 1. The Labute approximate surface area is 179 Å². The van der Waals surface area contributed by atoms with E-state index >= 15 is 0 Å².